The van der Waals surface area contributed by atoms with Crippen LogP contribution in [0, 0.1) is 18.3 Å². The standard InChI is InChI=1S/C14H16N6S/c1-11-17-18-13(21-11)10-19-5-7-20(8-6-19)14-12(9-15)3-2-4-16-14/h2-4H,5-8,10H2,1H3. The summed E-state index contributed by atoms with van der Waals surface area (Å²) in [7, 11) is 0. The Labute approximate surface area is 127 Å². The zero-order chi connectivity index (χ0) is 14.7. The number of aromatic nitrogens is 3. The molecule has 1 aliphatic rings. The Balaban J connectivity index is 1.61. The highest BCUT2D eigenvalue weighted by molar-refractivity contribution is 7.11. The van der Waals surface area contributed by atoms with Gasteiger partial charge in [0.25, 0.3) is 0 Å². The van der Waals surface area contributed by atoms with E-state index in [1.807, 2.05) is 13.0 Å². The molecular formula is C14H16N6S. The van der Waals surface area contributed by atoms with Crippen LogP contribution in [0.15, 0.2) is 18.3 Å². The molecule has 0 saturated carbocycles. The van der Waals surface area contributed by atoms with Crippen molar-refractivity contribution in [3.63, 3.8) is 0 Å². The van der Waals surface area contributed by atoms with Crippen LogP contribution in [0.1, 0.15) is 15.6 Å². The molecule has 0 radical (unpaired) electrons. The summed E-state index contributed by atoms with van der Waals surface area (Å²) in [6.07, 6.45) is 1.74. The number of nitrogens with zero attached hydrogens (tertiary/aromatic N) is 6. The molecule has 3 heterocycles. The molecule has 0 atom stereocenters. The van der Waals surface area contributed by atoms with Crippen molar-refractivity contribution >= 4 is 17.2 Å². The molecule has 0 bridgehead atoms. The first-order chi connectivity index (χ1) is 10.3. The van der Waals surface area contributed by atoms with Gasteiger partial charge in [0.15, 0.2) is 0 Å². The van der Waals surface area contributed by atoms with E-state index >= 15 is 0 Å². The third-order valence-corrected chi connectivity index (χ3v) is 4.33. The average molecular weight is 300 g/mol. The van der Waals surface area contributed by atoms with Crippen LogP contribution in [0.25, 0.3) is 0 Å². The molecule has 3 rings (SSSR count). The first kappa shape index (κ1) is 13.9. The Bertz CT molecular complexity index is 653. The maximum atomic E-state index is 9.16. The second kappa shape index (κ2) is 6.16. The topological polar surface area (TPSA) is 68.9 Å². The van der Waals surface area contributed by atoms with Crippen LogP contribution >= 0.6 is 11.3 Å². The SMILES string of the molecule is Cc1nnc(CN2CCN(c3ncccc3C#N)CC2)s1. The molecule has 6 nitrogen and oxygen atoms in total. The number of anilines is 1. The van der Waals surface area contributed by atoms with Crippen molar-refractivity contribution in [1.29, 1.82) is 5.26 Å². The monoisotopic (exact) mass is 300 g/mol. The Kier molecular flexibility index (Phi) is 4.08. The van der Waals surface area contributed by atoms with E-state index in [2.05, 4.69) is 31.1 Å². The van der Waals surface area contributed by atoms with Crippen molar-refractivity contribution in [3.05, 3.63) is 33.9 Å². The predicted octanol–water partition coefficient (Wildman–Crippen LogP) is 1.44. The van der Waals surface area contributed by atoms with Crippen LogP contribution in [-0.4, -0.2) is 46.3 Å². The third-order valence-electron chi connectivity index (χ3n) is 3.51. The van der Waals surface area contributed by atoms with Crippen molar-refractivity contribution in [2.75, 3.05) is 31.1 Å². The lowest BCUT2D eigenvalue weighted by atomic mass is 10.2. The lowest BCUT2D eigenvalue weighted by Crippen LogP contribution is -2.46. The van der Waals surface area contributed by atoms with Gasteiger partial charge in [-0.1, -0.05) is 0 Å². The lowest BCUT2D eigenvalue weighted by Gasteiger charge is -2.35. The fraction of sp³-hybridized carbons (Fsp3) is 0.429. The molecule has 108 valence electrons. The van der Waals surface area contributed by atoms with Gasteiger partial charge >= 0.3 is 0 Å². The zero-order valence-electron chi connectivity index (χ0n) is 11.9. The molecule has 2 aromatic heterocycles. The molecule has 1 fully saturated rings. The van der Waals surface area contributed by atoms with Crippen LogP contribution in [0.4, 0.5) is 5.82 Å². The summed E-state index contributed by atoms with van der Waals surface area (Å²) in [5.74, 6) is 0.798. The van der Waals surface area contributed by atoms with E-state index in [9.17, 15) is 0 Å². The molecule has 0 N–H and O–H groups in total. The highest BCUT2D eigenvalue weighted by Gasteiger charge is 2.20. The molecule has 21 heavy (non-hydrogen) atoms. The van der Waals surface area contributed by atoms with Gasteiger partial charge in [0.05, 0.1) is 12.1 Å². The van der Waals surface area contributed by atoms with E-state index in [1.165, 1.54) is 0 Å². The van der Waals surface area contributed by atoms with Gasteiger partial charge in [0.2, 0.25) is 0 Å². The minimum Gasteiger partial charge on any atom is -0.353 e. The first-order valence-corrected chi connectivity index (χ1v) is 7.69. The minimum absolute atomic E-state index is 0.644. The van der Waals surface area contributed by atoms with Gasteiger partial charge in [-0.15, -0.1) is 21.5 Å². The fourth-order valence-corrected chi connectivity index (χ4v) is 3.20. The smallest absolute Gasteiger partial charge is 0.146 e. The summed E-state index contributed by atoms with van der Waals surface area (Å²) < 4.78 is 0. The van der Waals surface area contributed by atoms with Crippen LogP contribution in [0.2, 0.25) is 0 Å². The summed E-state index contributed by atoms with van der Waals surface area (Å²) in [4.78, 5) is 8.90. The highest BCUT2D eigenvalue weighted by atomic mass is 32.1. The van der Waals surface area contributed by atoms with Crippen molar-refractivity contribution in [2.45, 2.75) is 13.5 Å². The molecule has 0 amide bonds. The predicted molar refractivity (Wildman–Crippen MR) is 81.1 cm³/mol. The Morgan fingerprint density at radius 3 is 2.76 bits per heavy atom. The largest absolute Gasteiger partial charge is 0.353 e. The van der Waals surface area contributed by atoms with Gasteiger partial charge < -0.3 is 4.90 Å². The molecule has 0 aromatic carbocycles. The van der Waals surface area contributed by atoms with Crippen molar-refractivity contribution in [3.8, 4) is 6.07 Å². The van der Waals surface area contributed by atoms with Gasteiger partial charge in [-0.25, -0.2) is 4.98 Å². The number of pyridine rings is 1. The Morgan fingerprint density at radius 2 is 2.10 bits per heavy atom. The summed E-state index contributed by atoms with van der Waals surface area (Å²) in [6, 6.07) is 5.83. The van der Waals surface area contributed by atoms with Crippen LogP contribution < -0.4 is 4.90 Å². The van der Waals surface area contributed by atoms with Gasteiger partial charge in [-0.05, 0) is 19.1 Å². The van der Waals surface area contributed by atoms with Crippen molar-refractivity contribution < 1.29 is 0 Å². The van der Waals surface area contributed by atoms with Gasteiger partial charge in [0.1, 0.15) is 21.9 Å². The Hall–Kier alpha value is -2.04. The van der Waals surface area contributed by atoms with Crippen LogP contribution in [0.3, 0.4) is 0 Å². The number of rotatable bonds is 3. The maximum absolute atomic E-state index is 9.16. The quantitative estimate of drug-likeness (QED) is 0.854. The maximum Gasteiger partial charge on any atom is 0.146 e. The second-order valence-corrected chi connectivity index (χ2v) is 6.23. The van der Waals surface area contributed by atoms with Crippen LogP contribution in [-0.2, 0) is 6.54 Å². The van der Waals surface area contributed by atoms with Gasteiger partial charge in [-0.2, -0.15) is 5.26 Å². The number of aryl methyl sites for hydroxylation is 1. The normalized spacial score (nSPS) is 15.9. The molecule has 0 spiro atoms. The lowest BCUT2D eigenvalue weighted by molar-refractivity contribution is 0.248. The van der Waals surface area contributed by atoms with Crippen molar-refractivity contribution in [2.24, 2.45) is 0 Å². The molecule has 1 aliphatic heterocycles. The van der Waals surface area contributed by atoms with E-state index < -0.39 is 0 Å². The second-order valence-electron chi connectivity index (χ2n) is 4.96. The van der Waals surface area contributed by atoms with Crippen molar-refractivity contribution in [1.82, 2.24) is 20.1 Å². The van der Waals surface area contributed by atoms with E-state index in [1.54, 1.807) is 23.6 Å². The van der Waals surface area contributed by atoms with Gasteiger partial charge in [-0.3, -0.25) is 4.90 Å². The molecule has 1 saturated heterocycles. The summed E-state index contributed by atoms with van der Waals surface area (Å²) in [5.41, 5.74) is 0.644. The molecule has 7 heteroatoms. The summed E-state index contributed by atoms with van der Waals surface area (Å²) in [5, 5.41) is 19.5. The molecular weight excluding hydrogens is 284 g/mol. The molecule has 2 aromatic rings. The number of piperazine rings is 1. The Morgan fingerprint density at radius 1 is 1.29 bits per heavy atom. The minimum atomic E-state index is 0.644. The van der Waals surface area contributed by atoms with E-state index in [0.717, 1.165) is 48.6 Å². The van der Waals surface area contributed by atoms with Gasteiger partial charge in [0, 0.05) is 32.4 Å². The first-order valence-electron chi connectivity index (χ1n) is 6.87. The van der Waals surface area contributed by atoms with Crippen LogP contribution in [0.5, 0.6) is 0 Å². The summed E-state index contributed by atoms with van der Waals surface area (Å²) in [6.45, 7) is 6.48. The third kappa shape index (κ3) is 3.17. The molecule has 0 aliphatic carbocycles. The van der Waals surface area contributed by atoms with E-state index in [4.69, 9.17) is 5.26 Å². The highest BCUT2D eigenvalue weighted by Crippen LogP contribution is 2.19. The number of hydrogen-bond donors (Lipinski definition) is 0. The number of nitriles is 1. The van der Waals surface area contributed by atoms with E-state index in [-0.39, 0.29) is 0 Å². The summed E-state index contributed by atoms with van der Waals surface area (Å²) >= 11 is 1.65. The molecule has 0 unspecified atom stereocenters. The number of hydrogen-bond acceptors (Lipinski definition) is 7. The van der Waals surface area contributed by atoms with E-state index in [0.29, 0.717) is 5.56 Å². The average Bonchev–Trinajstić information content (AvgIpc) is 2.93. The zero-order valence-corrected chi connectivity index (χ0v) is 12.7. The fourth-order valence-electron chi connectivity index (χ4n) is 2.45.